The molecule has 0 bridgehead atoms. The maximum atomic E-state index is 10.7. The summed E-state index contributed by atoms with van der Waals surface area (Å²) in [5.74, 6) is -0.497. The SMILES string of the molecule is CCC(O)C(COC(N)=O)c1c(Cl)cccc1Cl. The third kappa shape index (κ3) is 3.77. The molecule has 0 aliphatic rings. The number of amides is 1. The summed E-state index contributed by atoms with van der Waals surface area (Å²) in [5.41, 5.74) is 5.49. The molecule has 2 unspecified atom stereocenters. The van der Waals surface area contributed by atoms with Crippen LogP contribution in [0.1, 0.15) is 24.8 Å². The van der Waals surface area contributed by atoms with E-state index in [2.05, 4.69) is 0 Å². The highest BCUT2D eigenvalue weighted by Gasteiger charge is 2.25. The predicted octanol–water partition coefficient (Wildman–Crippen LogP) is 2.94. The van der Waals surface area contributed by atoms with E-state index in [9.17, 15) is 9.90 Å². The molecule has 100 valence electrons. The normalized spacial score (nSPS) is 14.0. The molecule has 2 atom stereocenters. The Morgan fingerprint density at radius 1 is 1.44 bits per heavy atom. The number of hydrogen-bond acceptors (Lipinski definition) is 3. The van der Waals surface area contributed by atoms with E-state index in [1.54, 1.807) is 18.2 Å². The van der Waals surface area contributed by atoms with Crippen LogP contribution in [0.5, 0.6) is 0 Å². The molecule has 1 rings (SSSR count). The molecule has 6 heteroatoms. The second kappa shape index (κ2) is 6.83. The van der Waals surface area contributed by atoms with E-state index in [1.807, 2.05) is 6.92 Å². The Morgan fingerprint density at radius 2 is 2.00 bits per heavy atom. The number of nitrogens with two attached hydrogens (primary N) is 1. The number of aliphatic hydroxyl groups is 1. The minimum absolute atomic E-state index is 0.0617. The Morgan fingerprint density at radius 3 is 2.44 bits per heavy atom. The molecule has 0 aliphatic heterocycles. The first-order chi connectivity index (χ1) is 8.47. The third-order valence-electron chi connectivity index (χ3n) is 2.66. The number of hydrogen-bond donors (Lipinski definition) is 2. The maximum absolute atomic E-state index is 10.7. The molecule has 0 spiro atoms. The lowest BCUT2D eigenvalue weighted by atomic mass is 9.92. The first kappa shape index (κ1) is 15.1. The second-order valence-electron chi connectivity index (χ2n) is 3.85. The van der Waals surface area contributed by atoms with E-state index < -0.39 is 18.1 Å². The molecule has 0 heterocycles. The minimum atomic E-state index is -0.897. The number of carbonyl (C=O) groups is 1. The van der Waals surface area contributed by atoms with Crippen molar-refractivity contribution in [1.82, 2.24) is 0 Å². The minimum Gasteiger partial charge on any atom is -0.449 e. The van der Waals surface area contributed by atoms with Crippen molar-refractivity contribution >= 4 is 29.3 Å². The summed E-state index contributed by atoms with van der Waals surface area (Å²) in [6.45, 7) is 1.75. The van der Waals surface area contributed by atoms with E-state index in [4.69, 9.17) is 33.7 Å². The van der Waals surface area contributed by atoms with Crippen LogP contribution in [-0.4, -0.2) is 23.9 Å². The topological polar surface area (TPSA) is 72.6 Å². The molecule has 4 nitrogen and oxygen atoms in total. The van der Waals surface area contributed by atoms with Crippen LogP contribution in [0.3, 0.4) is 0 Å². The van der Waals surface area contributed by atoms with Crippen molar-refractivity contribution in [3.05, 3.63) is 33.8 Å². The molecule has 0 saturated carbocycles. The summed E-state index contributed by atoms with van der Waals surface area (Å²) in [6, 6.07) is 5.04. The van der Waals surface area contributed by atoms with Gasteiger partial charge in [-0.15, -0.1) is 0 Å². The number of ether oxygens (including phenoxy) is 1. The summed E-state index contributed by atoms with van der Waals surface area (Å²) in [7, 11) is 0. The molecule has 0 saturated heterocycles. The monoisotopic (exact) mass is 291 g/mol. The van der Waals surface area contributed by atoms with Gasteiger partial charge in [-0.05, 0) is 24.1 Å². The van der Waals surface area contributed by atoms with Crippen molar-refractivity contribution in [1.29, 1.82) is 0 Å². The largest absolute Gasteiger partial charge is 0.449 e. The van der Waals surface area contributed by atoms with Crippen LogP contribution >= 0.6 is 23.2 Å². The maximum Gasteiger partial charge on any atom is 0.404 e. The van der Waals surface area contributed by atoms with Crippen LogP contribution in [0.2, 0.25) is 10.0 Å². The van der Waals surface area contributed by atoms with Gasteiger partial charge in [0, 0.05) is 16.0 Å². The lowest BCUT2D eigenvalue weighted by molar-refractivity contribution is 0.0872. The average Bonchev–Trinajstić information content (AvgIpc) is 2.31. The summed E-state index contributed by atoms with van der Waals surface area (Å²) in [6.07, 6.45) is -1.14. The first-order valence-electron chi connectivity index (χ1n) is 5.51. The van der Waals surface area contributed by atoms with Gasteiger partial charge in [0.25, 0.3) is 0 Å². The van der Waals surface area contributed by atoms with Gasteiger partial charge in [-0.25, -0.2) is 4.79 Å². The number of primary amides is 1. The van der Waals surface area contributed by atoms with Crippen LogP contribution in [0.15, 0.2) is 18.2 Å². The third-order valence-corrected chi connectivity index (χ3v) is 3.32. The average molecular weight is 292 g/mol. The van der Waals surface area contributed by atoms with Crippen LogP contribution in [-0.2, 0) is 4.74 Å². The van der Waals surface area contributed by atoms with E-state index in [0.29, 0.717) is 22.0 Å². The highest BCUT2D eigenvalue weighted by atomic mass is 35.5. The Hall–Kier alpha value is -0.970. The Kier molecular flexibility index (Phi) is 5.72. The van der Waals surface area contributed by atoms with Gasteiger partial charge in [0.1, 0.15) is 6.61 Å². The van der Waals surface area contributed by atoms with E-state index in [0.717, 1.165) is 0 Å². The second-order valence-corrected chi connectivity index (χ2v) is 4.66. The quantitative estimate of drug-likeness (QED) is 0.876. The van der Waals surface area contributed by atoms with E-state index >= 15 is 0 Å². The number of aliphatic hydroxyl groups excluding tert-OH is 1. The van der Waals surface area contributed by atoms with Crippen LogP contribution in [0.4, 0.5) is 4.79 Å². The van der Waals surface area contributed by atoms with Crippen LogP contribution in [0.25, 0.3) is 0 Å². The van der Waals surface area contributed by atoms with Crippen molar-refractivity contribution in [2.45, 2.75) is 25.4 Å². The zero-order chi connectivity index (χ0) is 13.7. The molecular weight excluding hydrogens is 277 g/mol. The smallest absolute Gasteiger partial charge is 0.404 e. The fraction of sp³-hybridized carbons (Fsp3) is 0.417. The van der Waals surface area contributed by atoms with Gasteiger partial charge in [-0.2, -0.15) is 0 Å². The highest BCUT2D eigenvalue weighted by Crippen LogP contribution is 2.34. The standard InChI is InChI=1S/C12H15Cl2NO3/c1-2-10(16)7(6-18-12(15)17)11-8(13)4-3-5-9(11)14/h3-5,7,10,16H,2,6H2,1H3,(H2,15,17). The van der Waals surface area contributed by atoms with Gasteiger partial charge in [-0.1, -0.05) is 36.2 Å². The van der Waals surface area contributed by atoms with Gasteiger partial charge in [0.05, 0.1) is 6.10 Å². The molecular formula is C12H15Cl2NO3. The van der Waals surface area contributed by atoms with E-state index in [1.165, 1.54) is 0 Å². The molecule has 18 heavy (non-hydrogen) atoms. The molecule has 3 N–H and O–H groups in total. The molecule has 1 aromatic carbocycles. The summed E-state index contributed by atoms with van der Waals surface area (Å²) >= 11 is 12.1. The van der Waals surface area contributed by atoms with Gasteiger partial charge in [0.2, 0.25) is 0 Å². The number of halogens is 2. The molecule has 0 radical (unpaired) electrons. The van der Waals surface area contributed by atoms with Crippen molar-refractivity contribution in [2.75, 3.05) is 6.61 Å². The fourth-order valence-electron chi connectivity index (χ4n) is 1.71. The zero-order valence-electron chi connectivity index (χ0n) is 9.90. The molecule has 1 amide bonds. The van der Waals surface area contributed by atoms with Crippen LogP contribution < -0.4 is 5.73 Å². The summed E-state index contributed by atoms with van der Waals surface area (Å²) < 4.78 is 4.75. The highest BCUT2D eigenvalue weighted by molar-refractivity contribution is 6.36. The number of carbonyl (C=O) groups excluding carboxylic acids is 1. The Labute approximate surface area is 116 Å². The zero-order valence-corrected chi connectivity index (χ0v) is 11.4. The predicted molar refractivity (Wildman–Crippen MR) is 71.0 cm³/mol. The Bertz CT molecular complexity index is 406. The lowest BCUT2D eigenvalue weighted by Crippen LogP contribution is -2.26. The number of benzene rings is 1. The van der Waals surface area contributed by atoms with Crippen molar-refractivity contribution < 1.29 is 14.6 Å². The van der Waals surface area contributed by atoms with Gasteiger partial charge < -0.3 is 15.6 Å². The van der Waals surface area contributed by atoms with Crippen molar-refractivity contribution in [3.8, 4) is 0 Å². The van der Waals surface area contributed by atoms with Crippen molar-refractivity contribution in [3.63, 3.8) is 0 Å². The Balaban J connectivity index is 3.05. The van der Waals surface area contributed by atoms with Crippen LogP contribution in [0, 0.1) is 0 Å². The van der Waals surface area contributed by atoms with E-state index in [-0.39, 0.29) is 6.61 Å². The number of rotatable bonds is 5. The van der Waals surface area contributed by atoms with Gasteiger partial charge in [-0.3, -0.25) is 0 Å². The molecule has 0 aliphatic carbocycles. The fourth-order valence-corrected chi connectivity index (χ4v) is 2.39. The first-order valence-corrected chi connectivity index (χ1v) is 6.27. The van der Waals surface area contributed by atoms with Gasteiger partial charge >= 0.3 is 6.09 Å². The lowest BCUT2D eigenvalue weighted by Gasteiger charge is -2.23. The van der Waals surface area contributed by atoms with Gasteiger partial charge in [0.15, 0.2) is 0 Å². The summed E-state index contributed by atoms with van der Waals surface area (Å²) in [4.78, 5) is 10.7. The molecule has 0 fully saturated rings. The van der Waals surface area contributed by atoms with Crippen molar-refractivity contribution in [2.24, 2.45) is 5.73 Å². The summed E-state index contributed by atoms with van der Waals surface area (Å²) in [5, 5.41) is 10.8. The molecule has 1 aromatic rings. The molecule has 0 aromatic heterocycles.